The van der Waals surface area contributed by atoms with E-state index in [0.29, 0.717) is 0 Å². The molecule has 0 radical (unpaired) electrons. The van der Waals surface area contributed by atoms with Gasteiger partial charge in [0.15, 0.2) is 8.24 Å². The van der Waals surface area contributed by atoms with Gasteiger partial charge in [-0.25, -0.2) is 0 Å². The minimum Gasteiger partial charge on any atom is -0.367 e. The maximum Gasteiger partial charge on any atom is 0.170 e. The van der Waals surface area contributed by atoms with Gasteiger partial charge in [0.05, 0.1) is 0 Å². The Balaban J connectivity index is 2.55. The summed E-state index contributed by atoms with van der Waals surface area (Å²) in [4.78, 5) is 0. The zero-order valence-electron chi connectivity index (χ0n) is 15.6. The summed E-state index contributed by atoms with van der Waals surface area (Å²) in [6, 6.07) is 17.8. The number of para-hydroxylation sites is 2. The molecule has 2 aromatic carbocycles. The molecule has 3 aromatic rings. The fourth-order valence-electron chi connectivity index (χ4n) is 4.20. The topological polar surface area (TPSA) is 4.93 Å². The van der Waals surface area contributed by atoms with Crippen molar-refractivity contribution in [2.45, 2.75) is 58.2 Å². The molecule has 0 atom stereocenters. The molecule has 1 nitrogen and oxygen atoms in total. The van der Waals surface area contributed by atoms with Crippen molar-refractivity contribution in [3.05, 3.63) is 48.5 Å². The van der Waals surface area contributed by atoms with Crippen LogP contribution in [0.4, 0.5) is 0 Å². The second-order valence-corrected chi connectivity index (χ2v) is 14.5. The number of hydrogen-bond acceptors (Lipinski definition) is 0. The summed E-state index contributed by atoms with van der Waals surface area (Å²) in [5.41, 5.74) is 2.79. The van der Waals surface area contributed by atoms with E-state index in [9.17, 15) is 0 Å². The first-order valence-electron chi connectivity index (χ1n) is 8.58. The lowest BCUT2D eigenvalue weighted by atomic mass is 10.2. The fraction of sp³-hybridized carbons (Fsp3) is 0.429. The minimum absolute atomic E-state index is 0.260. The standard InChI is InChI=1S/C21H29NSi/c1-20(2,3)23(7,21(4,5)6)22-18-14-10-8-12-16(18)17-13-9-11-15-19(17)22/h8-15H,1-7H3. The molecule has 0 N–H and O–H groups in total. The van der Waals surface area contributed by atoms with Crippen LogP contribution in [0.15, 0.2) is 48.5 Å². The van der Waals surface area contributed by atoms with E-state index in [1.807, 2.05) is 0 Å². The lowest BCUT2D eigenvalue weighted by Crippen LogP contribution is -2.55. The van der Waals surface area contributed by atoms with Crippen molar-refractivity contribution < 1.29 is 0 Å². The van der Waals surface area contributed by atoms with Gasteiger partial charge in [0.25, 0.3) is 0 Å². The van der Waals surface area contributed by atoms with E-state index in [-0.39, 0.29) is 10.1 Å². The quantitative estimate of drug-likeness (QED) is 0.433. The Bertz CT molecular complexity index is 792. The lowest BCUT2D eigenvalue weighted by molar-refractivity contribution is 0.600. The first-order valence-corrected chi connectivity index (χ1v) is 11.0. The summed E-state index contributed by atoms with van der Waals surface area (Å²) in [6.07, 6.45) is 0. The summed E-state index contributed by atoms with van der Waals surface area (Å²) < 4.78 is 2.73. The van der Waals surface area contributed by atoms with Crippen LogP contribution in [0.25, 0.3) is 21.8 Å². The number of nitrogens with zero attached hydrogens (tertiary/aromatic N) is 1. The van der Waals surface area contributed by atoms with Crippen molar-refractivity contribution in [2.75, 3.05) is 0 Å². The molecule has 0 fully saturated rings. The van der Waals surface area contributed by atoms with Crippen LogP contribution >= 0.6 is 0 Å². The molecule has 0 amide bonds. The van der Waals surface area contributed by atoms with Crippen molar-refractivity contribution in [1.29, 1.82) is 0 Å². The molecule has 0 spiro atoms. The van der Waals surface area contributed by atoms with Crippen molar-refractivity contribution in [2.24, 2.45) is 0 Å². The Morgan fingerprint density at radius 1 is 0.652 bits per heavy atom. The highest BCUT2D eigenvalue weighted by atomic mass is 28.3. The number of hydrogen-bond donors (Lipinski definition) is 0. The van der Waals surface area contributed by atoms with E-state index in [4.69, 9.17) is 0 Å². The first-order chi connectivity index (χ1) is 10.6. The molecule has 1 heterocycles. The Labute approximate surface area is 141 Å². The number of rotatable bonds is 1. The van der Waals surface area contributed by atoms with E-state index in [2.05, 4.69) is 101 Å². The third kappa shape index (κ3) is 2.19. The highest BCUT2D eigenvalue weighted by molar-refractivity contribution is 6.84. The van der Waals surface area contributed by atoms with Gasteiger partial charge in [-0.15, -0.1) is 0 Å². The van der Waals surface area contributed by atoms with Crippen molar-refractivity contribution in [3.63, 3.8) is 0 Å². The van der Waals surface area contributed by atoms with E-state index < -0.39 is 8.24 Å². The highest BCUT2D eigenvalue weighted by Crippen LogP contribution is 2.53. The van der Waals surface area contributed by atoms with Gasteiger partial charge in [-0.3, -0.25) is 0 Å². The van der Waals surface area contributed by atoms with Gasteiger partial charge in [0, 0.05) is 21.8 Å². The Morgan fingerprint density at radius 2 is 1.00 bits per heavy atom. The monoisotopic (exact) mass is 323 g/mol. The van der Waals surface area contributed by atoms with Crippen LogP contribution in [-0.2, 0) is 0 Å². The predicted octanol–water partition coefficient (Wildman–Crippen LogP) is 6.82. The third-order valence-electron chi connectivity index (χ3n) is 5.95. The van der Waals surface area contributed by atoms with Gasteiger partial charge >= 0.3 is 0 Å². The van der Waals surface area contributed by atoms with Crippen LogP contribution in [0, 0.1) is 0 Å². The van der Waals surface area contributed by atoms with E-state index >= 15 is 0 Å². The van der Waals surface area contributed by atoms with Crippen LogP contribution < -0.4 is 0 Å². The molecular weight excluding hydrogens is 294 g/mol. The van der Waals surface area contributed by atoms with Crippen LogP contribution in [0.3, 0.4) is 0 Å². The summed E-state index contributed by atoms with van der Waals surface area (Å²) in [6.45, 7) is 17.1. The molecule has 3 rings (SSSR count). The summed E-state index contributed by atoms with van der Waals surface area (Å²) in [7, 11) is -1.89. The molecule has 23 heavy (non-hydrogen) atoms. The fourth-order valence-corrected chi connectivity index (χ4v) is 9.15. The lowest BCUT2D eigenvalue weighted by Gasteiger charge is -2.51. The largest absolute Gasteiger partial charge is 0.367 e. The molecular formula is C21H29NSi. The zero-order valence-corrected chi connectivity index (χ0v) is 16.6. The van der Waals surface area contributed by atoms with Gasteiger partial charge in [0.2, 0.25) is 0 Å². The van der Waals surface area contributed by atoms with Crippen molar-refractivity contribution >= 4 is 30.0 Å². The maximum atomic E-state index is 2.73. The third-order valence-corrected chi connectivity index (χ3v) is 13.2. The van der Waals surface area contributed by atoms with Gasteiger partial charge in [-0.05, 0) is 22.2 Å². The summed E-state index contributed by atoms with van der Waals surface area (Å²) >= 11 is 0. The van der Waals surface area contributed by atoms with Crippen LogP contribution in [0.1, 0.15) is 41.5 Å². The van der Waals surface area contributed by atoms with E-state index in [0.717, 1.165) is 0 Å². The van der Waals surface area contributed by atoms with Gasteiger partial charge in [-0.2, -0.15) is 0 Å². The van der Waals surface area contributed by atoms with Crippen LogP contribution in [0.2, 0.25) is 16.6 Å². The minimum atomic E-state index is -1.89. The smallest absolute Gasteiger partial charge is 0.170 e. The number of fused-ring (bicyclic) bond motifs is 3. The molecule has 122 valence electrons. The Morgan fingerprint density at radius 3 is 1.35 bits per heavy atom. The molecule has 0 bridgehead atoms. The van der Waals surface area contributed by atoms with Gasteiger partial charge in [-0.1, -0.05) is 84.5 Å². The second kappa shape index (κ2) is 4.97. The molecule has 0 unspecified atom stereocenters. The zero-order chi connectivity index (χ0) is 17.0. The summed E-state index contributed by atoms with van der Waals surface area (Å²) in [5, 5.41) is 3.29. The highest BCUT2D eigenvalue weighted by Gasteiger charge is 2.52. The SMILES string of the molecule is CC(C)(C)[Si](C)(n1c2ccccc2c2ccccc21)C(C)(C)C. The number of benzene rings is 2. The predicted molar refractivity (Wildman–Crippen MR) is 106 cm³/mol. The average molecular weight is 324 g/mol. The summed E-state index contributed by atoms with van der Waals surface area (Å²) in [5.74, 6) is 0. The van der Waals surface area contributed by atoms with E-state index in [1.54, 1.807) is 0 Å². The average Bonchev–Trinajstić information content (AvgIpc) is 2.79. The Hall–Kier alpha value is -1.54. The van der Waals surface area contributed by atoms with Gasteiger partial charge < -0.3 is 4.23 Å². The Kier molecular flexibility index (Phi) is 3.53. The molecule has 0 saturated carbocycles. The van der Waals surface area contributed by atoms with Crippen molar-refractivity contribution in [1.82, 2.24) is 4.23 Å². The first kappa shape index (κ1) is 16.3. The molecule has 0 saturated heterocycles. The molecule has 2 heteroatoms. The van der Waals surface area contributed by atoms with Crippen LogP contribution in [0.5, 0.6) is 0 Å². The van der Waals surface area contributed by atoms with Crippen LogP contribution in [-0.4, -0.2) is 12.5 Å². The molecule has 0 aliphatic carbocycles. The molecule has 0 aliphatic heterocycles. The number of aromatic nitrogens is 1. The maximum absolute atomic E-state index is 2.73. The normalized spacial score (nSPS) is 13.9. The molecule has 0 aliphatic rings. The molecule has 1 aromatic heterocycles. The van der Waals surface area contributed by atoms with Crippen molar-refractivity contribution in [3.8, 4) is 0 Å². The second-order valence-electron chi connectivity index (χ2n) is 8.94. The van der Waals surface area contributed by atoms with E-state index in [1.165, 1.54) is 21.8 Å². The van der Waals surface area contributed by atoms with Gasteiger partial charge in [0.1, 0.15) is 0 Å².